The van der Waals surface area contributed by atoms with E-state index in [4.69, 9.17) is 5.73 Å². The molecule has 4 N–H and O–H groups in total. The van der Waals surface area contributed by atoms with Gasteiger partial charge < -0.3 is 15.9 Å². The van der Waals surface area contributed by atoms with Gasteiger partial charge in [0.15, 0.2) is 0 Å². The zero-order chi connectivity index (χ0) is 18.1. The molecule has 26 heavy (non-hydrogen) atoms. The molecule has 1 aromatic rings. The van der Waals surface area contributed by atoms with Gasteiger partial charge in [-0.1, -0.05) is 31.7 Å². The minimum atomic E-state index is -0.746. The van der Waals surface area contributed by atoms with E-state index in [1.807, 2.05) is 6.07 Å². The summed E-state index contributed by atoms with van der Waals surface area (Å²) in [5.74, 6) is 1.18. The molecule has 0 radical (unpaired) electrons. The van der Waals surface area contributed by atoms with Crippen molar-refractivity contribution in [1.29, 1.82) is 0 Å². The summed E-state index contributed by atoms with van der Waals surface area (Å²) in [6.45, 7) is 0. The number of fused-ring (bicyclic) bond motifs is 1. The van der Waals surface area contributed by atoms with Crippen LogP contribution in [-0.4, -0.2) is 21.7 Å². The van der Waals surface area contributed by atoms with E-state index in [0.29, 0.717) is 5.92 Å². The highest BCUT2D eigenvalue weighted by Crippen LogP contribution is 2.65. The van der Waals surface area contributed by atoms with Gasteiger partial charge in [-0.15, -0.1) is 0 Å². The maximum atomic E-state index is 12.0. The molecule has 1 amide bonds. The monoisotopic (exact) mass is 355 g/mol. The molecule has 4 unspecified atom stereocenters. The molecule has 4 atom stereocenters. The molecule has 5 rings (SSSR count). The average molecular weight is 355 g/mol. The number of hydrogen-bond acceptors (Lipinski definition) is 3. The number of aliphatic hydroxyl groups is 1. The van der Waals surface area contributed by atoms with Crippen molar-refractivity contribution in [3.8, 4) is 5.75 Å². The van der Waals surface area contributed by atoms with Crippen molar-refractivity contribution in [2.24, 2.45) is 23.5 Å². The summed E-state index contributed by atoms with van der Waals surface area (Å²) in [7, 11) is 0. The maximum Gasteiger partial charge on any atom is 0.252 e. The van der Waals surface area contributed by atoms with E-state index in [1.165, 1.54) is 19.3 Å². The molecule has 4 heteroatoms. The van der Waals surface area contributed by atoms with Gasteiger partial charge in [0.05, 0.1) is 11.2 Å². The first-order valence-electron chi connectivity index (χ1n) is 10.3. The lowest BCUT2D eigenvalue weighted by Crippen LogP contribution is -2.65. The second-order valence-corrected chi connectivity index (χ2v) is 9.36. The SMILES string of the molecule is NC(=O)c1ccc2c(c1O)C13CCCCC1(O)C(C2)C(CC1CC1)CC3. The van der Waals surface area contributed by atoms with Crippen LogP contribution >= 0.6 is 0 Å². The number of primary amides is 1. The van der Waals surface area contributed by atoms with E-state index in [2.05, 4.69) is 0 Å². The van der Waals surface area contributed by atoms with Crippen LogP contribution in [0.4, 0.5) is 0 Å². The number of phenols is 1. The van der Waals surface area contributed by atoms with E-state index in [1.54, 1.807) is 6.07 Å². The number of amides is 1. The number of aromatic hydroxyl groups is 1. The molecule has 0 spiro atoms. The highest BCUT2D eigenvalue weighted by molar-refractivity contribution is 5.96. The minimum absolute atomic E-state index is 0.0365. The number of carbonyl (C=O) groups is 1. The molecule has 3 fully saturated rings. The Morgan fingerprint density at radius 2 is 1.92 bits per heavy atom. The summed E-state index contributed by atoms with van der Waals surface area (Å²) >= 11 is 0. The Kier molecular flexibility index (Phi) is 3.50. The molecule has 0 saturated heterocycles. The zero-order valence-corrected chi connectivity index (χ0v) is 15.3. The van der Waals surface area contributed by atoms with Gasteiger partial charge in [-0.3, -0.25) is 4.79 Å². The molecule has 140 valence electrons. The molecule has 2 bridgehead atoms. The first-order chi connectivity index (χ1) is 12.5. The lowest BCUT2D eigenvalue weighted by molar-refractivity contribution is -0.167. The van der Waals surface area contributed by atoms with Crippen LogP contribution in [0.3, 0.4) is 0 Å². The molecule has 0 heterocycles. The number of nitrogens with two attached hydrogens (primary N) is 1. The lowest BCUT2D eigenvalue weighted by atomic mass is 9.43. The summed E-state index contributed by atoms with van der Waals surface area (Å²) in [5, 5.41) is 23.0. The normalized spacial score (nSPS) is 38.3. The average Bonchev–Trinajstić information content (AvgIpc) is 3.41. The largest absolute Gasteiger partial charge is 0.507 e. The predicted octanol–water partition coefficient (Wildman–Crippen LogP) is 3.42. The third-order valence-electron chi connectivity index (χ3n) is 8.15. The van der Waals surface area contributed by atoms with Crippen LogP contribution in [0.2, 0.25) is 0 Å². The van der Waals surface area contributed by atoms with Crippen molar-refractivity contribution in [2.75, 3.05) is 0 Å². The topological polar surface area (TPSA) is 83.6 Å². The third-order valence-corrected chi connectivity index (χ3v) is 8.15. The Hall–Kier alpha value is -1.55. The molecule has 0 aromatic heterocycles. The first-order valence-corrected chi connectivity index (χ1v) is 10.3. The minimum Gasteiger partial charge on any atom is -0.507 e. The van der Waals surface area contributed by atoms with Crippen LogP contribution in [-0.2, 0) is 11.8 Å². The summed E-state index contributed by atoms with van der Waals surface area (Å²) in [4.78, 5) is 11.8. The van der Waals surface area contributed by atoms with Crippen LogP contribution in [0, 0.1) is 17.8 Å². The smallest absolute Gasteiger partial charge is 0.252 e. The first kappa shape index (κ1) is 16.6. The Balaban J connectivity index is 1.68. The van der Waals surface area contributed by atoms with Crippen LogP contribution < -0.4 is 5.73 Å². The zero-order valence-electron chi connectivity index (χ0n) is 15.3. The van der Waals surface area contributed by atoms with Crippen LogP contribution in [0.15, 0.2) is 12.1 Å². The lowest BCUT2D eigenvalue weighted by Gasteiger charge is -2.63. The number of benzene rings is 1. The van der Waals surface area contributed by atoms with Gasteiger partial charge in [0, 0.05) is 11.0 Å². The van der Waals surface area contributed by atoms with E-state index >= 15 is 0 Å². The van der Waals surface area contributed by atoms with Crippen molar-refractivity contribution in [3.05, 3.63) is 28.8 Å². The van der Waals surface area contributed by atoms with Crippen LogP contribution in [0.25, 0.3) is 0 Å². The fraction of sp³-hybridized carbons (Fsp3) is 0.682. The van der Waals surface area contributed by atoms with Crippen molar-refractivity contribution in [3.63, 3.8) is 0 Å². The Morgan fingerprint density at radius 3 is 2.65 bits per heavy atom. The van der Waals surface area contributed by atoms with E-state index in [0.717, 1.165) is 62.0 Å². The summed E-state index contributed by atoms with van der Waals surface area (Å²) in [6.07, 6.45) is 10.7. The van der Waals surface area contributed by atoms with E-state index < -0.39 is 16.9 Å². The van der Waals surface area contributed by atoms with Crippen LogP contribution in [0.1, 0.15) is 79.3 Å². The Labute approximate surface area is 154 Å². The van der Waals surface area contributed by atoms with Crippen molar-refractivity contribution < 1.29 is 15.0 Å². The molecule has 4 aliphatic carbocycles. The maximum absolute atomic E-state index is 12.0. The molecule has 4 nitrogen and oxygen atoms in total. The third kappa shape index (κ3) is 2.08. The number of rotatable bonds is 3. The number of carbonyl (C=O) groups excluding carboxylic acids is 1. The van der Waals surface area contributed by atoms with Crippen molar-refractivity contribution in [2.45, 2.75) is 75.2 Å². The quantitative estimate of drug-likeness (QED) is 0.777. The van der Waals surface area contributed by atoms with E-state index in [9.17, 15) is 15.0 Å². The predicted molar refractivity (Wildman–Crippen MR) is 99.0 cm³/mol. The second-order valence-electron chi connectivity index (χ2n) is 9.36. The second kappa shape index (κ2) is 5.48. The molecular formula is C22H29NO3. The summed E-state index contributed by atoms with van der Waals surface area (Å²) in [5.41, 5.74) is 6.52. The molecule has 3 saturated carbocycles. The summed E-state index contributed by atoms with van der Waals surface area (Å²) in [6, 6.07) is 3.66. The standard InChI is InChI=1S/C22H29NO3/c23-20(25)16-6-5-15-12-17-14(11-13-3-4-13)7-10-21(18(15)19(16)24)8-1-2-9-22(17,21)26/h5-6,13-14,17,24,26H,1-4,7-12H2,(H2,23,25). The highest BCUT2D eigenvalue weighted by atomic mass is 16.3. The molecular weight excluding hydrogens is 326 g/mol. The van der Waals surface area contributed by atoms with Crippen molar-refractivity contribution >= 4 is 5.91 Å². The molecule has 0 aliphatic heterocycles. The van der Waals surface area contributed by atoms with Gasteiger partial charge in [-0.05, 0) is 67.9 Å². The summed E-state index contributed by atoms with van der Waals surface area (Å²) < 4.78 is 0. The van der Waals surface area contributed by atoms with Crippen LogP contribution in [0.5, 0.6) is 5.75 Å². The van der Waals surface area contributed by atoms with Gasteiger partial charge in [-0.2, -0.15) is 0 Å². The van der Waals surface area contributed by atoms with Gasteiger partial charge in [0.1, 0.15) is 5.75 Å². The Bertz CT molecular complexity index is 771. The molecule has 1 aromatic carbocycles. The van der Waals surface area contributed by atoms with Gasteiger partial charge in [-0.25, -0.2) is 0 Å². The van der Waals surface area contributed by atoms with Crippen molar-refractivity contribution in [1.82, 2.24) is 0 Å². The fourth-order valence-corrected chi connectivity index (χ4v) is 6.82. The van der Waals surface area contributed by atoms with Gasteiger partial charge in [0.25, 0.3) is 5.91 Å². The Morgan fingerprint density at radius 1 is 1.15 bits per heavy atom. The number of hydrogen-bond donors (Lipinski definition) is 3. The van der Waals surface area contributed by atoms with Gasteiger partial charge in [0.2, 0.25) is 0 Å². The molecule has 4 aliphatic rings. The fourth-order valence-electron chi connectivity index (χ4n) is 6.82. The van der Waals surface area contributed by atoms with E-state index in [-0.39, 0.29) is 17.2 Å². The van der Waals surface area contributed by atoms with Gasteiger partial charge >= 0.3 is 0 Å². The highest BCUT2D eigenvalue weighted by Gasteiger charge is 2.64.